The third-order valence-electron chi connectivity index (χ3n) is 5.76. The molecule has 1 saturated heterocycles. The van der Waals surface area contributed by atoms with E-state index in [1.807, 2.05) is 41.3 Å². The van der Waals surface area contributed by atoms with E-state index in [1.165, 1.54) is 0 Å². The van der Waals surface area contributed by atoms with E-state index in [1.54, 1.807) is 26.0 Å². The quantitative estimate of drug-likeness (QED) is 0.210. The highest BCUT2D eigenvalue weighted by atomic mass is 16.6. The highest BCUT2D eigenvalue weighted by molar-refractivity contribution is 5.95. The van der Waals surface area contributed by atoms with E-state index in [0.29, 0.717) is 30.9 Å². The predicted molar refractivity (Wildman–Crippen MR) is 135 cm³/mol. The average molecular weight is 477 g/mol. The minimum Gasteiger partial charge on any atom is -0.464 e. The molecule has 184 valence electrons. The molecule has 1 amide bonds. The van der Waals surface area contributed by atoms with Crippen LogP contribution in [0.25, 0.3) is 0 Å². The minimum atomic E-state index is -0.396. The molecule has 1 aliphatic rings. The molecule has 1 heterocycles. The van der Waals surface area contributed by atoms with Gasteiger partial charge in [-0.1, -0.05) is 18.1 Å². The van der Waals surface area contributed by atoms with E-state index in [9.17, 15) is 9.59 Å². The van der Waals surface area contributed by atoms with Crippen LogP contribution in [0.5, 0.6) is 0 Å². The molecule has 0 aliphatic carbocycles. The van der Waals surface area contributed by atoms with E-state index >= 15 is 0 Å². The van der Waals surface area contributed by atoms with Gasteiger partial charge in [0.05, 0.1) is 19.3 Å². The Bertz CT molecular complexity index is 1090. The first-order chi connectivity index (χ1) is 16.9. The molecule has 0 aromatic heterocycles. The molecule has 8 nitrogen and oxygen atoms in total. The van der Waals surface area contributed by atoms with Gasteiger partial charge in [0.15, 0.2) is 0 Å². The molecular formula is C27H32N4O4. The zero-order valence-electron chi connectivity index (χ0n) is 20.2. The second kappa shape index (κ2) is 12.6. The van der Waals surface area contributed by atoms with Gasteiger partial charge >= 0.3 is 5.97 Å². The van der Waals surface area contributed by atoms with Crippen molar-refractivity contribution in [2.75, 3.05) is 31.7 Å². The number of carbonyl (C=O) groups excluding carboxylic acids is 2. The number of amidine groups is 1. The highest BCUT2D eigenvalue weighted by Gasteiger charge is 2.29. The van der Waals surface area contributed by atoms with E-state index in [0.717, 1.165) is 24.1 Å². The number of esters is 1. The first kappa shape index (κ1) is 25.8. The van der Waals surface area contributed by atoms with Crippen LogP contribution in [0.4, 0.5) is 5.69 Å². The summed E-state index contributed by atoms with van der Waals surface area (Å²) in [4.78, 5) is 26.5. The van der Waals surface area contributed by atoms with Crippen molar-refractivity contribution < 1.29 is 19.1 Å². The Morgan fingerprint density at radius 3 is 2.49 bits per heavy atom. The summed E-state index contributed by atoms with van der Waals surface area (Å²) in [5, 5.41) is 10.9. The summed E-state index contributed by atoms with van der Waals surface area (Å²) < 4.78 is 10.4. The van der Waals surface area contributed by atoms with Gasteiger partial charge in [0.1, 0.15) is 18.5 Å². The first-order valence-electron chi connectivity index (χ1n) is 11.7. The number of rotatable bonds is 10. The number of hydrogen-bond donors (Lipinski definition) is 3. The molecule has 8 heteroatoms. The van der Waals surface area contributed by atoms with E-state index in [-0.39, 0.29) is 30.4 Å². The van der Waals surface area contributed by atoms with Gasteiger partial charge < -0.3 is 25.4 Å². The van der Waals surface area contributed by atoms with Gasteiger partial charge in [-0.05, 0) is 68.7 Å². The lowest BCUT2D eigenvalue weighted by atomic mass is 10.0. The highest BCUT2D eigenvalue weighted by Crippen LogP contribution is 2.23. The molecule has 2 atom stereocenters. The van der Waals surface area contributed by atoms with Crippen LogP contribution in [-0.4, -0.2) is 55.0 Å². The Kier molecular flexibility index (Phi) is 9.27. The molecule has 0 radical (unpaired) electrons. The molecule has 0 bridgehead atoms. The van der Waals surface area contributed by atoms with Crippen LogP contribution in [0.15, 0.2) is 48.5 Å². The zero-order chi connectivity index (χ0) is 25.2. The second-order valence-corrected chi connectivity index (χ2v) is 8.20. The number of nitrogen functional groups attached to an aromatic ring is 1. The topological polar surface area (TPSA) is 118 Å². The van der Waals surface area contributed by atoms with Crippen molar-refractivity contribution >= 4 is 23.4 Å². The third-order valence-corrected chi connectivity index (χ3v) is 5.76. The summed E-state index contributed by atoms with van der Waals surface area (Å²) in [5.74, 6) is 5.68. The van der Waals surface area contributed by atoms with Crippen molar-refractivity contribution in [2.24, 2.45) is 5.73 Å². The van der Waals surface area contributed by atoms with Crippen LogP contribution in [0.3, 0.4) is 0 Å². The summed E-state index contributed by atoms with van der Waals surface area (Å²) in [7, 11) is 0. The molecular weight excluding hydrogens is 444 g/mol. The molecule has 2 unspecified atom stereocenters. The summed E-state index contributed by atoms with van der Waals surface area (Å²) >= 11 is 0. The summed E-state index contributed by atoms with van der Waals surface area (Å²) in [6, 6.07) is 14.4. The summed E-state index contributed by atoms with van der Waals surface area (Å²) in [5.41, 5.74) is 8.57. The molecule has 35 heavy (non-hydrogen) atoms. The SMILES string of the molecule is CC#CC(Nc1ccc(C(=N)N)cc1)c1ccc(C(=O)N2CCCC2COCC(=O)OCC)cc1. The molecule has 0 spiro atoms. The lowest BCUT2D eigenvalue weighted by Crippen LogP contribution is -2.38. The largest absolute Gasteiger partial charge is 0.464 e. The van der Waals surface area contributed by atoms with Crippen LogP contribution in [0, 0.1) is 17.3 Å². The van der Waals surface area contributed by atoms with Gasteiger partial charge in [0.25, 0.3) is 5.91 Å². The fraction of sp³-hybridized carbons (Fsp3) is 0.370. The second-order valence-electron chi connectivity index (χ2n) is 8.20. The summed E-state index contributed by atoms with van der Waals surface area (Å²) in [6.07, 6.45) is 1.74. The maximum Gasteiger partial charge on any atom is 0.332 e. The van der Waals surface area contributed by atoms with Crippen molar-refractivity contribution in [1.29, 1.82) is 5.41 Å². The lowest BCUT2D eigenvalue weighted by molar-refractivity contribution is -0.148. The standard InChI is InChI=1S/C27H32N4O4/c1-3-6-24(30-22-14-12-20(13-15-22)26(28)29)19-8-10-21(11-9-19)27(33)31-16-5-7-23(31)17-34-18-25(32)35-4-2/h8-15,23-24,30H,4-5,7,16-18H2,1-2H3,(H3,28,29). The van der Waals surface area contributed by atoms with Crippen LogP contribution >= 0.6 is 0 Å². The van der Waals surface area contributed by atoms with Crippen molar-refractivity contribution in [1.82, 2.24) is 4.90 Å². The maximum absolute atomic E-state index is 13.1. The Morgan fingerprint density at radius 1 is 1.17 bits per heavy atom. The Balaban J connectivity index is 1.64. The van der Waals surface area contributed by atoms with E-state index in [2.05, 4.69) is 17.2 Å². The number of ether oxygens (including phenoxy) is 2. The normalized spacial score (nSPS) is 15.6. The lowest BCUT2D eigenvalue weighted by Gasteiger charge is -2.25. The smallest absolute Gasteiger partial charge is 0.332 e. The van der Waals surface area contributed by atoms with Crippen molar-refractivity contribution in [2.45, 2.75) is 38.8 Å². The number of nitrogens with zero attached hydrogens (tertiary/aromatic N) is 1. The molecule has 1 aliphatic heterocycles. The molecule has 2 aromatic carbocycles. The van der Waals surface area contributed by atoms with Crippen molar-refractivity contribution in [3.8, 4) is 11.8 Å². The fourth-order valence-corrected chi connectivity index (χ4v) is 4.00. The fourth-order valence-electron chi connectivity index (χ4n) is 4.00. The number of carbonyl (C=O) groups is 2. The molecule has 3 rings (SSSR count). The molecule has 4 N–H and O–H groups in total. The van der Waals surface area contributed by atoms with Gasteiger partial charge in [0, 0.05) is 23.4 Å². The predicted octanol–water partition coefficient (Wildman–Crippen LogP) is 3.33. The Hall–Kier alpha value is -3.83. The average Bonchev–Trinajstić information content (AvgIpc) is 3.32. The third kappa shape index (κ3) is 7.08. The van der Waals surface area contributed by atoms with Gasteiger partial charge in [-0.2, -0.15) is 0 Å². The maximum atomic E-state index is 13.1. The first-order valence-corrected chi connectivity index (χ1v) is 11.7. The number of amides is 1. The molecule has 2 aromatic rings. The number of nitrogens with two attached hydrogens (primary N) is 1. The number of hydrogen-bond acceptors (Lipinski definition) is 6. The minimum absolute atomic E-state index is 0.0208. The van der Waals surface area contributed by atoms with Crippen molar-refractivity contribution in [3.63, 3.8) is 0 Å². The summed E-state index contributed by atoms with van der Waals surface area (Å²) in [6.45, 7) is 4.71. The van der Waals surface area contributed by atoms with Crippen LogP contribution in [0.1, 0.15) is 54.2 Å². The van der Waals surface area contributed by atoms with Gasteiger partial charge in [-0.3, -0.25) is 10.2 Å². The molecule has 1 fully saturated rings. The van der Waals surface area contributed by atoms with Crippen LogP contribution in [-0.2, 0) is 14.3 Å². The monoisotopic (exact) mass is 476 g/mol. The van der Waals surface area contributed by atoms with Gasteiger partial charge in [-0.25, -0.2) is 4.79 Å². The van der Waals surface area contributed by atoms with Gasteiger partial charge in [-0.15, -0.1) is 5.92 Å². The Morgan fingerprint density at radius 2 is 1.86 bits per heavy atom. The van der Waals surface area contributed by atoms with Crippen LogP contribution < -0.4 is 11.1 Å². The number of benzene rings is 2. The van der Waals surface area contributed by atoms with Crippen LogP contribution in [0.2, 0.25) is 0 Å². The number of anilines is 1. The van der Waals surface area contributed by atoms with E-state index in [4.69, 9.17) is 20.6 Å². The van der Waals surface area contributed by atoms with Crippen molar-refractivity contribution in [3.05, 3.63) is 65.2 Å². The number of likely N-dealkylation sites (tertiary alicyclic amines) is 1. The van der Waals surface area contributed by atoms with Gasteiger partial charge in [0.2, 0.25) is 0 Å². The number of nitrogens with one attached hydrogen (secondary N) is 2. The van der Waals surface area contributed by atoms with E-state index < -0.39 is 5.97 Å². The Labute approximate surface area is 206 Å². The zero-order valence-corrected chi connectivity index (χ0v) is 20.2. The molecule has 0 saturated carbocycles.